The van der Waals surface area contributed by atoms with Crippen molar-refractivity contribution in [2.45, 2.75) is 50.1 Å². The van der Waals surface area contributed by atoms with E-state index < -0.39 is 47.7 Å². The van der Waals surface area contributed by atoms with Crippen LogP contribution in [-0.2, 0) is 11.2 Å². The van der Waals surface area contributed by atoms with Crippen LogP contribution in [0.25, 0.3) is 0 Å². The first-order valence-electron chi connectivity index (χ1n) is 10.7. The Morgan fingerprint density at radius 2 is 1.97 bits per heavy atom. The summed E-state index contributed by atoms with van der Waals surface area (Å²) in [6, 6.07) is 3.79. The van der Waals surface area contributed by atoms with Gasteiger partial charge in [-0.3, -0.25) is 14.4 Å². The van der Waals surface area contributed by atoms with Gasteiger partial charge in [0.05, 0.1) is 10.6 Å². The molecule has 2 amide bonds. The van der Waals surface area contributed by atoms with Crippen LogP contribution < -0.4 is 10.6 Å². The van der Waals surface area contributed by atoms with Gasteiger partial charge in [0, 0.05) is 30.3 Å². The molecule has 6 nitrogen and oxygen atoms in total. The Hall–Kier alpha value is -3.25. The lowest BCUT2D eigenvalue weighted by Gasteiger charge is -2.43. The van der Waals surface area contributed by atoms with Crippen LogP contribution in [0.1, 0.15) is 57.4 Å². The Labute approximate surface area is 197 Å². The van der Waals surface area contributed by atoms with Gasteiger partial charge in [0.1, 0.15) is 17.1 Å². The van der Waals surface area contributed by atoms with Crippen molar-refractivity contribution in [2.75, 3.05) is 5.32 Å². The second-order valence-corrected chi connectivity index (χ2v) is 9.64. The lowest BCUT2D eigenvalue weighted by Crippen LogP contribution is -2.62. The van der Waals surface area contributed by atoms with Crippen LogP contribution in [0.15, 0.2) is 18.2 Å². The number of rotatable bonds is 5. The van der Waals surface area contributed by atoms with Crippen LogP contribution in [0.3, 0.4) is 0 Å². The lowest BCUT2D eigenvalue weighted by molar-refractivity contribution is -0.133. The fourth-order valence-electron chi connectivity index (χ4n) is 5.14. The zero-order chi connectivity index (χ0) is 24.6. The van der Waals surface area contributed by atoms with Crippen LogP contribution in [0.4, 0.5) is 18.9 Å². The molecular weight excluding hydrogens is 471 g/mol. The number of alkyl halides is 2. The van der Waals surface area contributed by atoms with E-state index in [1.165, 1.54) is 12.1 Å². The minimum Gasteiger partial charge on any atom is -0.336 e. The van der Waals surface area contributed by atoms with Crippen molar-refractivity contribution in [2.24, 2.45) is 5.92 Å². The molecule has 5 rings (SSSR count). The Bertz CT molecular complexity index is 1320. The maximum atomic E-state index is 13.5. The second-order valence-electron chi connectivity index (χ2n) is 9.23. The number of carbonyl (C=O) groups is 3. The summed E-state index contributed by atoms with van der Waals surface area (Å²) in [7, 11) is 0. The predicted molar refractivity (Wildman–Crippen MR) is 118 cm³/mol. The molecule has 2 unspecified atom stereocenters. The highest BCUT2D eigenvalue weighted by atomic mass is 35.5. The monoisotopic (exact) mass is 489 g/mol. The largest absolute Gasteiger partial charge is 0.336 e. The van der Waals surface area contributed by atoms with Crippen LogP contribution in [0.2, 0.25) is 5.02 Å². The topological polar surface area (TPSA) is 80.2 Å². The van der Waals surface area contributed by atoms with Crippen molar-refractivity contribution in [3.63, 3.8) is 0 Å². The van der Waals surface area contributed by atoms with Crippen LogP contribution in [-0.4, -0.2) is 33.6 Å². The first kappa shape index (κ1) is 22.5. The number of amides is 2. The van der Waals surface area contributed by atoms with Gasteiger partial charge in [-0.2, -0.15) is 0 Å². The van der Waals surface area contributed by atoms with Gasteiger partial charge in [0.25, 0.3) is 23.5 Å². The van der Waals surface area contributed by atoms with E-state index in [1.807, 2.05) is 0 Å². The van der Waals surface area contributed by atoms with Crippen LogP contribution >= 0.6 is 11.6 Å². The van der Waals surface area contributed by atoms with E-state index in [1.54, 1.807) is 11.5 Å². The molecule has 1 aromatic carbocycles. The number of anilines is 1. The summed E-state index contributed by atoms with van der Waals surface area (Å²) >= 11 is 5.80. The number of terminal acetylenes is 1. The molecule has 0 bridgehead atoms. The molecule has 1 aromatic heterocycles. The van der Waals surface area contributed by atoms with Crippen molar-refractivity contribution in [1.82, 2.24) is 9.88 Å². The second kappa shape index (κ2) is 7.37. The van der Waals surface area contributed by atoms with E-state index in [4.69, 9.17) is 18.0 Å². The molecule has 0 radical (unpaired) electrons. The molecule has 0 saturated heterocycles. The highest BCUT2D eigenvalue weighted by Gasteiger charge is 2.57. The zero-order valence-corrected chi connectivity index (χ0v) is 18.7. The number of aromatic nitrogens is 1. The molecule has 2 saturated carbocycles. The van der Waals surface area contributed by atoms with Crippen molar-refractivity contribution in [3.8, 4) is 12.3 Å². The number of halogens is 4. The van der Waals surface area contributed by atoms with Gasteiger partial charge in [-0.1, -0.05) is 17.5 Å². The third-order valence-electron chi connectivity index (χ3n) is 6.80. The third-order valence-corrected chi connectivity index (χ3v) is 7.09. The van der Waals surface area contributed by atoms with Gasteiger partial charge in [-0.25, -0.2) is 13.2 Å². The summed E-state index contributed by atoms with van der Waals surface area (Å²) in [4.78, 5) is 39.1. The molecule has 2 fully saturated rings. The number of benzene rings is 1. The van der Waals surface area contributed by atoms with Gasteiger partial charge in [0.2, 0.25) is 0 Å². The number of nitrogens with one attached hydrogen (secondary N) is 2. The first-order valence-corrected chi connectivity index (χ1v) is 11.1. The smallest absolute Gasteiger partial charge is 0.293 e. The van der Waals surface area contributed by atoms with Gasteiger partial charge in [0.15, 0.2) is 0 Å². The average molecular weight is 490 g/mol. The Kier molecular flexibility index (Phi) is 4.89. The molecule has 2 aliphatic carbocycles. The Morgan fingerprint density at radius 1 is 1.26 bits per heavy atom. The maximum Gasteiger partial charge on any atom is 0.293 e. The standard InChI is InChI=1S/C24H19ClF3N3O3/c1-3-23(9-24(27,28)10-23)30-22(34)20(32)18-11(2)19(31-16-6-12(16)7-17(18)31)21(33)29-13-4-5-15(26)14(25)8-13/h1,4-5,8,12,16H,6-7,9-10H2,2H3,(H,29,33)(H,30,34). The SMILES string of the molecule is C#CC1(NC(=O)C(=O)c2c(C)c(C(=O)Nc3ccc(F)c(Cl)c3)n3c2CC2CC23)CC(F)(F)C1. The molecular formula is C24H19ClF3N3O3. The summed E-state index contributed by atoms with van der Waals surface area (Å²) in [6.07, 6.45) is 5.26. The van der Waals surface area contributed by atoms with Gasteiger partial charge >= 0.3 is 0 Å². The molecule has 3 aliphatic rings. The van der Waals surface area contributed by atoms with Crippen molar-refractivity contribution < 1.29 is 27.6 Å². The van der Waals surface area contributed by atoms with E-state index in [0.29, 0.717) is 17.7 Å². The summed E-state index contributed by atoms with van der Waals surface area (Å²) in [5.74, 6) is -3.72. The molecule has 1 aliphatic heterocycles. The Balaban J connectivity index is 1.45. The van der Waals surface area contributed by atoms with E-state index in [0.717, 1.165) is 12.5 Å². The number of Topliss-reactive ketones (excluding diaryl/α,β-unsaturated/α-hetero) is 1. The number of fused-ring (bicyclic) bond motifs is 3. The maximum absolute atomic E-state index is 13.5. The van der Waals surface area contributed by atoms with Crippen molar-refractivity contribution >= 4 is 34.9 Å². The summed E-state index contributed by atoms with van der Waals surface area (Å²) < 4.78 is 42.0. The molecule has 34 heavy (non-hydrogen) atoms. The zero-order valence-electron chi connectivity index (χ0n) is 18.0. The van der Waals surface area contributed by atoms with E-state index >= 15 is 0 Å². The molecule has 0 spiro atoms. The summed E-state index contributed by atoms with van der Waals surface area (Å²) in [5.41, 5.74) is -0.125. The van der Waals surface area contributed by atoms with E-state index in [2.05, 4.69) is 16.6 Å². The number of hydrogen-bond donors (Lipinski definition) is 2. The van der Waals surface area contributed by atoms with Crippen molar-refractivity contribution in [1.29, 1.82) is 0 Å². The normalized spacial score (nSPS) is 22.6. The average Bonchev–Trinajstić information content (AvgIpc) is 3.32. The van der Waals surface area contributed by atoms with Crippen LogP contribution in [0, 0.1) is 31.0 Å². The minimum atomic E-state index is -2.99. The molecule has 2 N–H and O–H groups in total. The fraction of sp³-hybridized carbons (Fsp3) is 0.375. The number of hydrogen-bond acceptors (Lipinski definition) is 3. The first-order chi connectivity index (χ1) is 15.9. The molecule has 10 heteroatoms. The lowest BCUT2D eigenvalue weighted by atomic mass is 9.74. The van der Waals surface area contributed by atoms with Gasteiger partial charge < -0.3 is 15.2 Å². The summed E-state index contributed by atoms with van der Waals surface area (Å²) in [5, 5.41) is 4.80. The molecule has 2 atom stereocenters. The third kappa shape index (κ3) is 3.48. The molecule has 2 heterocycles. The number of ketones is 1. The molecule has 2 aromatic rings. The number of nitrogens with zero attached hydrogens (tertiary/aromatic N) is 1. The van der Waals surface area contributed by atoms with Crippen molar-refractivity contribution in [3.05, 3.63) is 51.6 Å². The van der Waals surface area contributed by atoms with Gasteiger partial charge in [-0.15, -0.1) is 6.42 Å². The van der Waals surface area contributed by atoms with Gasteiger partial charge in [-0.05, 0) is 49.4 Å². The fourth-order valence-corrected chi connectivity index (χ4v) is 5.32. The highest BCUT2D eigenvalue weighted by molar-refractivity contribution is 6.44. The van der Waals surface area contributed by atoms with Crippen LogP contribution in [0.5, 0.6) is 0 Å². The quantitative estimate of drug-likeness (QED) is 0.377. The Morgan fingerprint density at radius 3 is 2.59 bits per heavy atom. The summed E-state index contributed by atoms with van der Waals surface area (Å²) in [6.45, 7) is 1.56. The highest BCUT2D eigenvalue weighted by Crippen LogP contribution is 2.54. The predicted octanol–water partition coefficient (Wildman–Crippen LogP) is 4.06. The molecule has 176 valence electrons. The van der Waals surface area contributed by atoms with E-state index in [9.17, 15) is 27.6 Å². The van der Waals surface area contributed by atoms with E-state index in [-0.39, 0.29) is 33.9 Å². The number of carbonyl (C=O) groups excluding carboxylic acids is 3. The minimum absolute atomic E-state index is 0.0400.